The van der Waals surface area contributed by atoms with Crippen molar-refractivity contribution in [2.75, 3.05) is 5.32 Å². The fraction of sp³-hybridized carbons (Fsp3) is 0.357. The third kappa shape index (κ3) is 3.40. The molecule has 2 N–H and O–H groups in total. The number of carbonyl (C=O) groups is 1. The lowest BCUT2D eigenvalue weighted by molar-refractivity contribution is -0.116. The highest BCUT2D eigenvalue weighted by atomic mass is 16.1. The molecule has 0 atom stereocenters. The summed E-state index contributed by atoms with van der Waals surface area (Å²) in [6.45, 7) is 5.82. The zero-order valence-electron chi connectivity index (χ0n) is 11.4. The SMILES string of the molecule is Cc1cc(NC(=O)CCc2c(C)n[nH]c2C)ccn1. The van der Waals surface area contributed by atoms with Crippen molar-refractivity contribution in [3.05, 3.63) is 41.0 Å². The minimum absolute atomic E-state index is 0.00519. The summed E-state index contributed by atoms with van der Waals surface area (Å²) in [5.74, 6) is 0.00519. The van der Waals surface area contributed by atoms with Gasteiger partial charge < -0.3 is 5.32 Å². The number of H-pyrrole nitrogens is 1. The zero-order chi connectivity index (χ0) is 13.8. The monoisotopic (exact) mass is 258 g/mol. The summed E-state index contributed by atoms with van der Waals surface area (Å²) in [5.41, 5.74) is 4.80. The molecule has 2 heterocycles. The van der Waals surface area contributed by atoms with Gasteiger partial charge in [0.2, 0.25) is 5.91 Å². The maximum atomic E-state index is 11.9. The van der Waals surface area contributed by atoms with Gasteiger partial charge in [-0.25, -0.2) is 0 Å². The number of hydrogen-bond donors (Lipinski definition) is 2. The molecule has 5 nitrogen and oxygen atoms in total. The fourth-order valence-electron chi connectivity index (χ4n) is 2.03. The Kier molecular flexibility index (Phi) is 3.94. The van der Waals surface area contributed by atoms with Crippen LogP contribution in [-0.4, -0.2) is 21.1 Å². The average molecular weight is 258 g/mol. The first kappa shape index (κ1) is 13.3. The minimum Gasteiger partial charge on any atom is -0.326 e. The van der Waals surface area contributed by atoms with Crippen LogP contribution in [0.2, 0.25) is 0 Å². The lowest BCUT2D eigenvalue weighted by Crippen LogP contribution is -2.12. The number of hydrogen-bond acceptors (Lipinski definition) is 3. The number of aryl methyl sites for hydroxylation is 3. The quantitative estimate of drug-likeness (QED) is 0.884. The number of aromatic amines is 1. The molecule has 19 heavy (non-hydrogen) atoms. The summed E-state index contributed by atoms with van der Waals surface area (Å²) in [6, 6.07) is 3.64. The number of rotatable bonds is 4. The normalized spacial score (nSPS) is 10.5. The van der Waals surface area contributed by atoms with Crippen LogP contribution in [0.15, 0.2) is 18.3 Å². The van der Waals surface area contributed by atoms with Gasteiger partial charge in [-0.3, -0.25) is 14.9 Å². The highest BCUT2D eigenvalue weighted by molar-refractivity contribution is 5.90. The Labute approximate surface area is 112 Å². The third-order valence-electron chi connectivity index (χ3n) is 3.06. The fourth-order valence-corrected chi connectivity index (χ4v) is 2.03. The molecule has 1 amide bonds. The Balaban J connectivity index is 1.92. The van der Waals surface area contributed by atoms with Crippen molar-refractivity contribution in [1.82, 2.24) is 15.2 Å². The maximum Gasteiger partial charge on any atom is 0.224 e. The van der Waals surface area contributed by atoms with Crippen LogP contribution in [0, 0.1) is 20.8 Å². The Bertz CT molecular complexity index is 569. The van der Waals surface area contributed by atoms with E-state index < -0.39 is 0 Å². The third-order valence-corrected chi connectivity index (χ3v) is 3.06. The van der Waals surface area contributed by atoms with Crippen LogP contribution in [0.1, 0.15) is 29.1 Å². The predicted octanol–water partition coefficient (Wildman–Crippen LogP) is 2.30. The van der Waals surface area contributed by atoms with Crippen LogP contribution in [0.5, 0.6) is 0 Å². The average Bonchev–Trinajstić information content (AvgIpc) is 2.67. The van der Waals surface area contributed by atoms with Crippen molar-refractivity contribution in [2.24, 2.45) is 0 Å². The topological polar surface area (TPSA) is 70.7 Å². The van der Waals surface area contributed by atoms with Crippen molar-refractivity contribution >= 4 is 11.6 Å². The molecule has 0 aromatic carbocycles. The molecule has 0 bridgehead atoms. The number of carbonyl (C=O) groups excluding carboxylic acids is 1. The summed E-state index contributed by atoms with van der Waals surface area (Å²) >= 11 is 0. The molecular formula is C14H18N4O. The smallest absolute Gasteiger partial charge is 0.224 e. The molecular weight excluding hydrogens is 240 g/mol. The number of pyridine rings is 1. The van der Waals surface area contributed by atoms with Gasteiger partial charge in [0.25, 0.3) is 0 Å². The molecule has 0 saturated heterocycles. The van der Waals surface area contributed by atoms with E-state index in [0.29, 0.717) is 12.8 Å². The maximum absolute atomic E-state index is 11.9. The van der Waals surface area contributed by atoms with Gasteiger partial charge in [0, 0.05) is 29.7 Å². The van der Waals surface area contributed by atoms with Crippen LogP contribution in [0.3, 0.4) is 0 Å². The molecule has 2 aromatic heterocycles. The van der Waals surface area contributed by atoms with Crippen LogP contribution < -0.4 is 5.32 Å². The molecule has 0 radical (unpaired) electrons. The molecule has 0 aliphatic heterocycles. The van der Waals surface area contributed by atoms with Gasteiger partial charge in [0.1, 0.15) is 0 Å². The van der Waals surface area contributed by atoms with Gasteiger partial charge in [0.15, 0.2) is 0 Å². The Morgan fingerprint density at radius 2 is 2.16 bits per heavy atom. The van der Waals surface area contributed by atoms with Gasteiger partial charge in [0.05, 0.1) is 5.69 Å². The lowest BCUT2D eigenvalue weighted by atomic mass is 10.1. The van der Waals surface area contributed by atoms with Crippen LogP contribution >= 0.6 is 0 Å². The van der Waals surface area contributed by atoms with E-state index in [1.54, 1.807) is 12.3 Å². The van der Waals surface area contributed by atoms with Crippen LogP contribution in [0.4, 0.5) is 5.69 Å². The van der Waals surface area contributed by atoms with Crippen molar-refractivity contribution in [2.45, 2.75) is 33.6 Å². The molecule has 100 valence electrons. The second kappa shape index (κ2) is 5.65. The van der Waals surface area contributed by atoms with Gasteiger partial charge in [-0.05, 0) is 44.9 Å². The number of nitrogens with one attached hydrogen (secondary N) is 2. The van der Waals surface area contributed by atoms with E-state index in [2.05, 4.69) is 20.5 Å². The summed E-state index contributed by atoms with van der Waals surface area (Å²) in [5, 5.41) is 9.93. The molecule has 0 unspecified atom stereocenters. The van der Waals surface area contributed by atoms with Gasteiger partial charge in [-0.1, -0.05) is 0 Å². The Morgan fingerprint density at radius 1 is 1.37 bits per heavy atom. The van der Waals surface area contributed by atoms with E-state index >= 15 is 0 Å². The second-order valence-corrected chi connectivity index (χ2v) is 4.65. The summed E-state index contributed by atoms with van der Waals surface area (Å²) < 4.78 is 0. The van der Waals surface area contributed by atoms with E-state index in [0.717, 1.165) is 28.3 Å². The van der Waals surface area contributed by atoms with Crippen molar-refractivity contribution in [3.8, 4) is 0 Å². The van der Waals surface area contributed by atoms with Gasteiger partial charge in [-0.15, -0.1) is 0 Å². The number of anilines is 1. The molecule has 5 heteroatoms. The first-order chi connectivity index (χ1) is 9.06. The molecule has 0 aliphatic rings. The van der Waals surface area contributed by atoms with Crippen molar-refractivity contribution in [1.29, 1.82) is 0 Å². The number of amides is 1. The van der Waals surface area contributed by atoms with Gasteiger partial charge in [-0.2, -0.15) is 5.10 Å². The molecule has 0 spiro atoms. The van der Waals surface area contributed by atoms with E-state index in [-0.39, 0.29) is 5.91 Å². The molecule has 2 rings (SSSR count). The number of nitrogens with zero attached hydrogens (tertiary/aromatic N) is 2. The molecule has 0 fully saturated rings. The van der Waals surface area contributed by atoms with Crippen LogP contribution in [0.25, 0.3) is 0 Å². The second-order valence-electron chi connectivity index (χ2n) is 4.65. The lowest BCUT2D eigenvalue weighted by Gasteiger charge is -2.05. The van der Waals surface area contributed by atoms with E-state index in [9.17, 15) is 4.79 Å². The zero-order valence-corrected chi connectivity index (χ0v) is 11.4. The predicted molar refractivity (Wildman–Crippen MR) is 74.0 cm³/mol. The summed E-state index contributed by atoms with van der Waals surface area (Å²) in [6.07, 6.45) is 2.84. The highest BCUT2D eigenvalue weighted by Gasteiger charge is 2.09. The summed E-state index contributed by atoms with van der Waals surface area (Å²) in [4.78, 5) is 16.0. The van der Waals surface area contributed by atoms with E-state index in [1.807, 2.05) is 26.8 Å². The van der Waals surface area contributed by atoms with Crippen molar-refractivity contribution in [3.63, 3.8) is 0 Å². The molecule has 0 aliphatic carbocycles. The van der Waals surface area contributed by atoms with E-state index in [1.165, 1.54) is 0 Å². The van der Waals surface area contributed by atoms with Crippen LogP contribution in [-0.2, 0) is 11.2 Å². The van der Waals surface area contributed by atoms with Crippen molar-refractivity contribution < 1.29 is 4.79 Å². The molecule has 2 aromatic rings. The summed E-state index contributed by atoms with van der Waals surface area (Å²) in [7, 11) is 0. The highest BCUT2D eigenvalue weighted by Crippen LogP contribution is 2.13. The number of aromatic nitrogens is 3. The first-order valence-corrected chi connectivity index (χ1v) is 6.29. The van der Waals surface area contributed by atoms with Gasteiger partial charge >= 0.3 is 0 Å². The minimum atomic E-state index is 0.00519. The standard InChI is InChI=1S/C14H18N4O/c1-9-8-12(6-7-15-9)16-14(19)5-4-13-10(2)17-18-11(13)3/h6-8H,4-5H2,1-3H3,(H,17,18)(H,15,16,19). The van der Waals surface area contributed by atoms with E-state index in [4.69, 9.17) is 0 Å². The first-order valence-electron chi connectivity index (χ1n) is 6.29. The largest absolute Gasteiger partial charge is 0.326 e. The molecule has 0 saturated carbocycles. The Hall–Kier alpha value is -2.17. The Morgan fingerprint density at radius 3 is 2.79 bits per heavy atom.